The number of nitrogens with zero attached hydrogens (tertiary/aromatic N) is 3. The van der Waals surface area contributed by atoms with Gasteiger partial charge in [0, 0.05) is 17.9 Å². The molecule has 0 radical (unpaired) electrons. The number of benzene rings is 1. The van der Waals surface area contributed by atoms with Gasteiger partial charge in [0.25, 0.3) is 5.56 Å². The van der Waals surface area contributed by atoms with Crippen LogP contribution in [0, 0.1) is 0 Å². The van der Waals surface area contributed by atoms with Crippen molar-refractivity contribution in [3.05, 3.63) is 79.5 Å². The summed E-state index contributed by atoms with van der Waals surface area (Å²) in [6.07, 6.45) is 5.32. The number of amides is 1. The van der Waals surface area contributed by atoms with E-state index in [4.69, 9.17) is 4.74 Å². The van der Waals surface area contributed by atoms with Gasteiger partial charge in [0.15, 0.2) is 0 Å². The predicted molar refractivity (Wildman–Crippen MR) is 124 cm³/mol. The van der Waals surface area contributed by atoms with Crippen LogP contribution in [0.5, 0.6) is 0 Å². The molecule has 3 heterocycles. The van der Waals surface area contributed by atoms with Crippen molar-refractivity contribution in [3.63, 3.8) is 0 Å². The topological polar surface area (TPSA) is 81.5 Å². The van der Waals surface area contributed by atoms with E-state index >= 15 is 0 Å². The molecule has 0 aliphatic carbocycles. The van der Waals surface area contributed by atoms with Crippen molar-refractivity contribution in [1.29, 1.82) is 0 Å². The smallest absolute Gasteiger partial charge is 0.333 e. The van der Waals surface area contributed by atoms with E-state index in [2.05, 4.69) is 4.98 Å². The lowest BCUT2D eigenvalue weighted by atomic mass is 10.1. The lowest BCUT2D eigenvalue weighted by molar-refractivity contribution is -0.135. The average Bonchev–Trinajstić information content (AvgIpc) is 3.25. The van der Waals surface area contributed by atoms with Crippen LogP contribution < -0.4 is 19.7 Å². The van der Waals surface area contributed by atoms with E-state index < -0.39 is 5.97 Å². The molecule has 3 aromatic rings. The molecule has 0 N–H and O–H groups in total. The molecule has 8 heteroatoms. The second-order valence-corrected chi connectivity index (χ2v) is 8.50. The number of esters is 1. The van der Waals surface area contributed by atoms with Gasteiger partial charge in [0.05, 0.1) is 22.9 Å². The Kier molecular flexibility index (Phi) is 6.32. The highest BCUT2D eigenvalue weighted by Gasteiger charge is 2.30. The number of hydrogen-bond donors (Lipinski definition) is 0. The second kappa shape index (κ2) is 9.32. The average molecular weight is 450 g/mol. The second-order valence-electron chi connectivity index (χ2n) is 7.44. The van der Waals surface area contributed by atoms with Gasteiger partial charge < -0.3 is 9.64 Å². The summed E-state index contributed by atoms with van der Waals surface area (Å²) in [6, 6.07) is 13.2. The van der Waals surface area contributed by atoms with Gasteiger partial charge in [-0.1, -0.05) is 24.3 Å². The highest BCUT2D eigenvalue weighted by atomic mass is 32.1. The van der Waals surface area contributed by atoms with Crippen LogP contribution in [0.2, 0.25) is 0 Å². The Bertz CT molecular complexity index is 1330. The predicted octanol–water partition coefficient (Wildman–Crippen LogP) is 1.45. The van der Waals surface area contributed by atoms with Gasteiger partial charge in [-0.05, 0) is 50.1 Å². The number of rotatable bonds is 5. The lowest BCUT2D eigenvalue weighted by Crippen LogP contribution is -2.42. The zero-order chi connectivity index (χ0) is 22.7. The summed E-state index contributed by atoms with van der Waals surface area (Å²) in [6.45, 7) is 3.75. The molecule has 0 fully saturated rings. The molecular weight excluding hydrogens is 426 g/mol. The fraction of sp³-hybridized carbons (Fsp3) is 0.250. The van der Waals surface area contributed by atoms with Crippen LogP contribution in [-0.4, -0.2) is 34.1 Å². The van der Waals surface area contributed by atoms with E-state index in [1.807, 2.05) is 37.3 Å². The van der Waals surface area contributed by atoms with E-state index in [1.165, 1.54) is 10.6 Å². The Balaban J connectivity index is 1.76. The van der Waals surface area contributed by atoms with Gasteiger partial charge in [0.2, 0.25) is 5.91 Å². The zero-order valence-corrected chi connectivity index (χ0v) is 18.7. The van der Waals surface area contributed by atoms with Gasteiger partial charge in [-0.15, -0.1) is 11.3 Å². The summed E-state index contributed by atoms with van der Waals surface area (Å²) in [4.78, 5) is 44.5. The van der Waals surface area contributed by atoms with Crippen molar-refractivity contribution in [2.24, 2.45) is 0 Å². The summed E-state index contributed by atoms with van der Waals surface area (Å²) < 4.78 is 7.11. The lowest BCUT2D eigenvalue weighted by Gasteiger charge is -2.22. The van der Waals surface area contributed by atoms with Crippen LogP contribution in [0.4, 0.5) is 5.69 Å². The first kappa shape index (κ1) is 21.7. The Labute approximate surface area is 188 Å². The first-order valence-corrected chi connectivity index (χ1v) is 11.2. The Morgan fingerprint density at radius 3 is 2.75 bits per heavy atom. The third-order valence-electron chi connectivity index (χ3n) is 5.20. The minimum atomic E-state index is -0.556. The molecule has 0 bridgehead atoms. The van der Waals surface area contributed by atoms with Crippen LogP contribution in [-0.2, 0) is 27.3 Å². The van der Waals surface area contributed by atoms with Crippen molar-refractivity contribution in [1.82, 2.24) is 9.55 Å². The van der Waals surface area contributed by atoms with Gasteiger partial charge in [0.1, 0.15) is 11.2 Å². The van der Waals surface area contributed by atoms with Crippen LogP contribution in [0.1, 0.15) is 25.1 Å². The molecule has 0 saturated carbocycles. The highest BCUT2D eigenvalue weighted by Crippen LogP contribution is 2.31. The maximum Gasteiger partial charge on any atom is 0.333 e. The normalized spacial score (nSPS) is 16.3. The molecule has 32 heavy (non-hydrogen) atoms. The van der Waals surface area contributed by atoms with Crippen molar-refractivity contribution < 1.29 is 14.3 Å². The standard InChI is InChI=1S/C24H23N3O4S/c1-3-31-23(29)14-22-26(24(30)20(32-22)13-18-9-6-7-11-25-18)15-21(28)27-16(2)12-17-8-4-5-10-19(17)27/h4-11,13-14,16H,3,12,15H2,1-2H3/b20-13+,22-14-. The monoisotopic (exact) mass is 449 g/mol. The molecule has 4 rings (SSSR count). The van der Waals surface area contributed by atoms with Crippen molar-refractivity contribution >= 4 is 41.1 Å². The van der Waals surface area contributed by atoms with Crippen molar-refractivity contribution in [2.75, 3.05) is 11.5 Å². The van der Waals surface area contributed by atoms with Crippen LogP contribution in [0.3, 0.4) is 0 Å². The number of carbonyl (C=O) groups excluding carboxylic acids is 2. The molecule has 0 spiro atoms. The molecule has 1 unspecified atom stereocenters. The molecule has 1 atom stereocenters. The minimum absolute atomic E-state index is 0.00808. The number of carbonyl (C=O) groups is 2. The fourth-order valence-corrected chi connectivity index (χ4v) is 4.85. The van der Waals surface area contributed by atoms with E-state index in [0.29, 0.717) is 14.9 Å². The SMILES string of the molecule is CCOC(=O)/C=c1\s/c(=C/c2ccccn2)c(=O)n1CC(=O)N1c2ccccc2CC1C. The number of anilines is 1. The number of hydrogen-bond acceptors (Lipinski definition) is 6. The molecule has 164 valence electrons. The maximum atomic E-state index is 13.3. The number of thiazole rings is 1. The van der Waals surface area contributed by atoms with Gasteiger partial charge in [-0.25, -0.2) is 4.79 Å². The Morgan fingerprint density at radius 1 is 1.22 bits per heavy atom. The number of aromatic nitrogens is 2. The van der Waals surface area contributed by atoms with Crippen LogP contribution >= 0.6 is 11.3 Å². The minimum Gasteiger partial charge on any atom is -0.463 e. The molecule has 1 aromatic carbocycles. The van der Waals surface area contributed by atoms with E-state index in [9.17, 15) is 14.4 Å². The van der Waals surface area contributed by atoms with Crippen LogP contribution in [0.25, 0.3) is 12.2 Å². The summed E-state index contributed by atoms with van der Waals surface area (Å²) in [5, 5.41) is 0. The van der Waals surface area contributed by atoms with E-state index in [-0.39, 0.29) is 30.7 Å². The summed E-state index contributed by atoms with van der Waals surface area (Å²) in [7, 11) is 0. The number of pyridine rings is 1. The first-order chi connectivity index (χ1) is 15.5. The third-order valence-corrected chi connectivity index (χ3v) is 6.26. The summed E-state index contributed by atoms with van der Waals surface area (Å²) in [5.41, 5.74) is 2.25. The molecule has 2 aromatic heterocycles. The third kappa shape index (κ3) is 4.40. The first-order valence-electron chi connectivity index (χ1n) is 10.4. The summed E-state index contributed by atoms with van der Waals surface area (Å²) >= 11 is 1.13. The molecule has 1 aliphatic rings. The fourth-order valence-electron chi connectivity index (χ4n) is 3.83. The van der Waals surface area contributed by atoms with E-state index in [0.717, 1.165) is 29.0 Å². The molecule has 0 saturated heterocycles. The summed E-state index contributed by atoms with van der Waals surface area (Å²) in [5.74, 6) is -0.760. The molecular formula is C24H23N3O4S. The quantitative estimate of drug-likeness (QED) is 0.551. The molecule has 1 aliphatic heterocycles. The number of fused-ring (bicyclic) bond motifs is 1. The Morgan fingerprint density at radius 2 is 2.00 bits per heavy atom. The van der Waals surface area contributed by atoms with Crippen LogP contribution in [0.15, 0.2) is 53.5 Å². The van der Waals surface area contributed by atoms with Gasteiger partial charge in [-0.2, -0.15) is 0 Å². The van der Waals surface area contributed by atoms with Crippen molar-refractivity contribution in [2.45, 2.75) is 32.9 Å². The molecule has 7 nitrogen and oxygen atoms in total. The Hall–Kier alpha value is -3.52. The maximum absolute atomic E-state index is 13.3. The van der Waals surface area contributed by atoms with E-state index in [1.54, 1.807) is 36.2 Å². The van der Waals surface area contributed by atoms with Gasteiger partial charge >= 0.3 is 5.97 Å². The van der Waals surface area contributed by atoms with Gasteiger partial charge in [-0.3, -0.25) is 19.1 Å². The number of ether oxygens (including phenoxy) is 1. The molecule has 1 amide bonds. The highest BCUT2D eigenvalue weighted by molar-refractivity contribution is 7.07. The zero-order valence-electron chi connectivity index (χ0n) is 17.9. The number of para-hydroxylation sites is 1. The largest absolute Gasteiger partial charge is 0.463 e. The van der Waals surface area contributed by atoms with Crippen molar-refractivity contribution in [3.8, 4) is 0 Å².